The summed E-state index contributed by atoms with van der Waals surface area (Å²) in [6.07, 6.45) is 0. The Balaban J connectivity index is 2.25. The van der Waals surface area contributed by atoms with Crippen LogP contribution in [-0.2, 0) is 4.57 Å². The average molecular weight is 477 g/mol. The van der Waals surface area contributed by atoms with Crippen molar-refractivity contribution in [2.75, 3.05) is 10.2 Å². The summed E-state index contributed by atoms with van der Waals surface area (Å²) in [5.41, 5.74) is 6.71. The third kappa shape index (κ3) is 5.58. The van der Waals surface area contributed by atoms with Crippen molar-refractivity contribution in [2.24, 2.45) is 0 Å². The molecule has 3 rings (SSSR count). The van der Waals surface area contributed by atoms with E-state index in [0.29, 0.717) is 23.7 Å². The predicted molar refractivity (Wildman–Crippen MR) is 150 cm³/mol. The molecule has 0 aliphatic heterocycles. The van der Waals surface area contributed by atoms with Gasteiger partial charge in [-0.15, -0.1) is 0 Å². The summed E-state index contributed by atoms with van der Waals surface area (Å²) in [6, 6.07) is 22.6. The molecule has 0 saturated carbocycles. The van der Waals surface area contributed by atoms with Crippen LogP contribution in [0, 0.1) is 0 Å². The minimum absolute atomic E-state index is 0.305. The number of benzene rings is 3. The van der Waals surface area contributed by atoms with Crippen LogP contribution in [0.3, 0.4) is 0 Å². The van der Waals surface area contributed by atoms with Crippen LogP contribution >= 0.6 is 7.44 Å². The summed E-state index contributed by atoms with van der Waals surface area (Å²) >= 11 is 0. The van der Waals surface area contributed by atoms with Crippen molar-refractivity contribution in [3.8, 4) is 0 Å². The fourth-order valence-corrected chi connectivity index (χ4v) is 6.52. The summed E-state index contributed by atoms with van der Waals surface area (Å²) in [6.45, 7) is 17.5. The maximum Gasteiger partial charge on any atom is 0.287 e. The molecular weight excluding hydrogens is 435 g/mol. The highest BCUT2D eigenvalue weighted by Gasteiger charge is 2.30. The molecule has 0 spiro atoms. The lowest BCUT2D eigenvalue weighted by molar-refractivity contribution is 0.587. The van der Waals surface area contributed by atoms with E-state index in [2.05, 4.69) is 102 Å². The van der Waals surface area contributed by atoms with Crippen molar-refractivity contribution in [3.05, 3.63) is 89.0 Å². The molecule has 0 atom stereocenters. The van der Waals surface area contributed by atoms with Crippen LogP contribution in [0.4, 0.5) is 11.4 Å². The fraction of sp³-hybridized carbons (Fsp3) is 0.400. The van der Waals surface area contributed by atoms with Gasteiger partial charge >= 0.3 is 0 Å². The molecule has 0 radical (unpaired) electrons. The highest BCUT2D eigenvalue weighted by atomic mass is 31.2. The van der Waals surface area contributed by atoms with Crippen LogP contribution in [0.25, 0.3) is 0 Å². The van der Waals surface area contributed by atoms with Gasteiger partial charge in [0, 0.05) is 11.4 Å². The van der Waals surface area contributed by atoms with Crippen molar-refractivity contribution in [1.29, 1.82) is 0 Å². The Hall–Kier alpha value is -2.51. The van der Waals surface area contributed by atoms with Crippen LogP contribution in [-0.4, -0.2) is 0 Å². The van der Waals surface area contributed by atoms with Gasteiger partial charge in [0.2, 0.25) is 0 Å². The standard InChI is InChI=1S/C30H41N2OP/c1-20(2)25-16-12-17-26(21(3)4)29(25)31-34(33,24-14-10-9-11-15-24)32-30-27(22(5)6)18-13-19-28(30)23(7)8/h9-23H,1-8H3,(H2,31,32,33). The highest BCUT2D eigenvalue weighted by molar-refractivity contribution is 7.74. The molecule has 182 valence electrons. The largest absolute Gasteiger partial charge is 0.316 e. The van der Waals surface area contributed by atoms with E-state index in [4.69, 9.17) is 0 Å². The number of hydrogen-bond donors (Lipinski definition) is 2. The van der Waals surface area contributed by atoms with Gasteiger partial charge in [-0.25, -0.2) is 0 Å². The van der Waals surface area contributed by atoms with Gasteiger partial charge in [0.15, 0.2) is 0 Å². The van der Waals surface area contributed by atoms with Crippen LogP contribution in [0.15, 0.2) is 66.7 Å². The molecule has 0 aliphatic rings. The molecule has 0 aromatic heterocycles. The molecule has 3 aromatic rings. The second-order valence-corrected chi connectivity index (χ2v) is 12.6. The summed E-state index contributed by atoms with van der Waals surface area (Å²) in [4.78, 5) is 0. The fourth-order valence-electron chi connectivity index (χ4n) is 4.47. The van der Waals surface area contributed by atoms with Gasteiger partial charge in [-0.3, -0.25) is 4.57 Å². The summed E-state index contributed by atoms with van der Waals surface area (Å²) in [7, 11) is -3.28. The Morgan fingerprint density at radius 1 is 0.500 bits per heavy atom. The van der Waals surface area contributed by atoms with E-state index in [-0.39, 0.29) is 0 Å². The minimum Gasteiger partial charge on any atom is -0.316 e. The normalized spacial score (nSPS) is 12.1. The van der Waals surface area contributed by atoms with E-state index in [1.54, 1.807) is 0 Å². The highest BCUT2D eigenvalue weighted by Crippen LogP contribution is 2.50. The van der Waals surface area contributed by atoms with E-state index in [1.807, 2.05) is 30.3 Å². The quantitative estimate of drug-likeness (QED) is 0.302. The van der Waals surface area contributed by atoms with E-state index < -0.39 is 7.44 Å². The van der Waals surface area contributed by atoms with E-state index >= 15 is 4.57 Å². The van der Waals surface area contributed by atoms with Crippen LogP contribution in [0.2, 0.25) is 0 Å². The first kappa shape index (κ1) is 26.1. The Morgan fingerprint density at radius 3 is 1.12 bits per heavy atom. The van der Waals surface area contributed by atoms with Crippen molar-refractivity contribution >= 4 is 24.1 Å². The Bertz CT molecular complexity index is 1030. The second-order valence-electron chi connectivity index (χ2n) is 10.4. The van der Waals surface area contributed by atoms with Crippen molar-refractivity contribution in [1.82, 2.24) is 0 Å². The molecule has 0 bridgehead atoms. The van der Waals surface area contributed by atoms with Gasteiger partial charge in [0.05, 0.1) is 5.30 Å². The molecule has 2 N–H and O–H groups in total. The van der Waals surface area contributed by atoms with Gasteiger partial charge < -0.3 is 10.2 Å². The lowest BCUT2D eigenvalue weighted by Crippen LogP contribution is -2.21. The molecule has 0 aliphatic carbocycles. The van der Waals surface area contributed by atoms with Gasteiger partial charge in [-0.2, -0.15) is 0 Å². The molecule has 0 heterocycles. The van der Waals surface area contributed by atoms with Gasteiger partial charge in [0.25, 0.3) is 7.44 Å². The van der Waals surface area contributed by atoms with Crippen molar-refractivity contribution in [3.63, 3.8) is 0 Å². The molecule has 34 heavy (non-hydrogen) atoms. The predicted octanol–water partition coefficient (Wildman–Crippen LogP) is 9.22. The smallest absolute Gasteiger partial charge is 0.287 e. The average Bonchev–Trinajstić information content (AvgIpc) is 2.79. The van der Waals surface area contributed by atoms with Crippen molar-refractivity contribution in [2.45, 2.75) is 79.1 Å². The lowest BCUT2D eigenvalue weighted by Gasteiger charge is -2.30. The summed E-state index contributed by atoms with van der Waals surface area (Å²) in [5.74, 6) is 1.22. The number of anilines is 2. The number of para-hydroxylation sites is 2. The van der Waals surface area contributed by atoms with E-state index in [1.165, 1.54) is 22.3 Å². The molecule has 0 unspecified atom stereocenters. The zero-order valence-corrected chi connectivity index (χ0v) is 22.9. The van der Waals surface area contributed by atoms with Crippen molar-refractivity contribution < 1.29 is 4.57 Å². The molecule has 3 aromatic carbocycles. The number of hydrogen-bond acceptors (Lipinski definition) is 1. The molecular formula is C30H41N2OP. The third-order valence-corrected chi connectivity index (χ3v) is 8.51. The lowest BCUT2D eigenvalue weighted by atomic mass is 9.93. The van der Waals surface area contributed by atoms with Gasteiger partial charge in [-0.1, -0.05) is 110 Å². The number of nitrogens with one attached hydrogen (secondary N) is 2. The van der Waals surface area contributed by atoms with Crippen LogP contribution in [0.1, 0.15) is 101 Å². The Kier molecular flexibility index (Phi) is 8.31. The first-order chi connectivity index (χ1) is 16.0. The summed E-state index contributed by atoms with van der Waals surface area (Å²) in [5, 5.41) is 7.97. The molecule has 3 nitrogen and oxygen atoms in total. The SMILES string of the molecule is CC(C)c1cccc(C(C)C)c1NP(=O)(Nc1c(C(C)C)cccc1C(C)C)c1ccccc1. The zero-order chi connectivity index (χ0) is 25.0. The zero-order valence-electron chi connectivity index (χ0n) is 22.0. The van der Waals surface area contributed by atoms with Crippen LogP contribution in [0.5, 0.6) is 0 Å². The first-order valence-electron chi connectivity index (χ1n) is 12.5. The van der Waals surface area contributed by atoms with E-state index in [9.17, 15) is 0 Å². The maximum atomic E-state index is 15.0. The van der Waals surface area contributed by atoms with E-state index in [0.717, 1.165) is 16.7 Å². The molecule has 0 saturated heterocycles. The maximum absolute atomic E-state index is 15.0. The molecule has 0 amide bonds. The Labute approximate surface area is 206 Å². The summed E-state index contributed by atoms with van der Waals surface area (Å²) < 4.78 is 15.0. The van der Waals surface area contributed by atoms with Gasteiger partial charge in [0.1, 0.15) is 0 Å². The monoisotopic (exact) mass is 476 g/mol. The second kappa shape index (κ2) is 10.8. The molecule has 0 fully saturated rings. The topological polar surface area (TPSA) is 41.1 Å². The first-order valence-corrected chi connectivity index (χ1v) is 14.2. The molecule has 4 heteroatoms. The minimum atomic E-state index is -3.28. The third-order valence-electron chi connectivity index (χ3n) is 6.40. The number of rotatable bonds is 9. The Morgan fingerprint density at radius 2 is 0.824 bits per heavy atom. The van der Waals surface area contributed by atoms with Crippen LogP contribution < -0.4 is 15.5 Å². The van der Waals surface area contributed by atoms with Gasteiger partial charge in [-0.05, 0) is 58.1 Å².